The number of ether oxygens (including phenoxy) is 1. The molecule has 26 heavy (non-hydrogen) atoms. The van der Waals surface area contributed by atoms with Gasteiger partial charge in [0.15, 0.2) is 4.34 Å². The number of hydrogen-bond acceptors (Lipinski definition) is 7. The van der Waals surface area contributed by atoms with Crippen LogP contribution in [0.5, 0.6) is 5.75 Å². The van der Waals surface area contributed by atoms with E-state index in [1.807, 2.05) is 29.2 Å². The van der Waals surface area contributed by atoms with Crippen molar-refractivity contribution in [2.24, 2.45) is 0 Å². The fourth-order valence-electron chi connectivity index (χ4n) is 2.85. The molecule has 0 spiro atoms. The smallest absolute Gasteiger partial charge is 0.233 e. The normalized spacial score (nSPS) is 15.2. The topological polar surface area (TPSA) is 67.3 Å². The Balaban J connectivity index is 1.50. The second-order valence-electron chi connectivity index (χ2n) is 6.17. The predicted octanol–water partition coefficient (Wildman–Crippen LogP) is 4.18. The van der Waals surface area contributed by atoms with Crippen molar-refractivity contribution in [3.63, 3.8) is 0 Å². The zero-order chi connectivity index (χ0) is 18.2. The third-order valence-corrected chi connectivity index (χ3v) is 6.21. The molecular weight excluding hydrogens is 368 g/mol. The molecule has 2 aromatic rings. The van der Waals surface area contributed by atoms with Crippen LogP contribution in [0.15, 0.2) is 28.6 Å². The molecule has 0 atom stereocenters. The molecule has 1 aliphatic rings. The van der Waals surface area contributed by atoms with Crippen molar-refractivity contribution in [1.29, 1.82) is 0 Å². The number of hydrogen-bond donors (Lipinski definition) is 1. The Bertz CT molecular complexity index is 715. The van der Waals surface area contributed by atoms with Gasteiger partial charge in [-0.25, -0.2) is 0 Å². The molecule has 1 aromatic heterocycles. The van der Waals surface area contributed by atoms with Gasteiger partial charge in [0.25, 0.3) is 0 Å². The molecule has 0 aliphatic carbocycles. The Morgan fingerprint density at radius 2 is 2.00 bits per heavy atom. The molecule has 1 aromatic carbocycles. The van der Waals surface area contributed by atoms with Gasteiger partial charge in [-0.1, -0.05) is 48.4 Å². The van der Waals surface area contributed by atoms with E-state index in [4.69, 9.17) is 4.74 Å². The second kappa shape index (κ2) is 9.78. The van der Waals surface area contributed by atoms with E-state index in [2.05, 4.69) is 15.5 Å². The summed E-state index contributed by atoms with van der Waals surface area (Å²) in [5.41, 5.74) is 0.897. The van der Waals surface area contributed by atoms with Gasteiger partial charge in [0.05, 0.1) is 12.9 Å². The number of rotatable bonds is 6. The molecule has 0 radical (unpaired) electrons. The number of carbonyl (C=O) groups excluding carboxylic acids is 1. The number of anilines is 2. The summed E-state index contributed by atoms with van der Waals surface area (Å²) in [6.45, 7) is 1.77. The average Bonchev–Trinajstić information content (AvgIpc) is 3.07. The van der Waals surface area contributed by atoms with Gasteiger partial charge < -0.3 is 15.0 Å². The number of methoxy groups -OCH3 is 1. The lowest BCUT2D eigenvalue weighted by molar-refractivity contribution is -0.128. The van der Waals surface area contributed by atoms with Crippen LogP contribution in [0.2, 0.25) is 0 Å². The summed E-state index contributed by atoms with van der Waals surface area (Å²) < 4.78 is 6.02. The fourth-order valence-corrected chi connectivity index (χ4v) is 4.53. The van der Waals surface area contributed by atoms with Gasteiger partial charge in [-0.05, 0) is 25.0 Å². The zero-order valence-electron chi connectivity index (χ0n) is 14.9. The van der Waals surface area contributed by atoms with E-state index in [0.29, 0.717) is 10.9 Å². The number of carbonyl (C=O) groups is 1. The zero-order valence-corrected chi connectivity index (χ0v) is 16.6. The first kappa shape index (κ1) is 19.0. The van der Waals surface area contributed by atoms with Crippen LogP contribution in [0.4, 0.5) is 10.8 Å². The van der Waals surface area contributed by atoms with Crippen LogP contribution in [-0.2, 0) is 4.79 Å². The monoisotopic (exact) mass is 392 g/mol. The number of thioether (sulfide) groups is 1. The average molecular weight is 393 g/mol. The first-order chi connectivity index (χ1) is 12.7. The molecule has 1 N–H and O–H groups in total. The van der Waals surface area contributed by atoms with E-state index >= 15 is 0 Å². The number of nitrogens with zero attached hydrogens (tertiary/aromatic N) is 3. The summed E-state index contributed by atoms with van der Waals surface area (Å²) in [6.07, 6.45) is 5.98. The van der Waals surface area contributed by atoms with Crippen LogP contribution in [0.1, 0.15) is 32.1 Å². The van der Waals surface area contributed by atoms with E-state index in [9.17, 15) is 4.79 Å². The Hall–Kier alpha value is -1.80. The molecule has 3 rings (SSSR count). The van der Waals surface area contributed by atoms with Crippen LogP contribution < -0.4 is 10.1 Å². The molecule has 1 fully saturated rings. The first-order valence-electron chi connectivity index (χ1n) is 8.90. The Morgan fingerprint density at radius 3 is 2.77 bits per heavy atom. The minimum Gasteiger partial charge on any atom is -0.497 e. The molecule has 1 aliphatic heterocycles. The van der Waals surface area contributed by atoms with Gasteiger partial charge in [0, 0.05) is 24.8 Å². The highest BCUT2D eigenvalue weighted by Crippen LogP contribution is 2.29. The molecule has 140 valence electrons. The fraction of sp³-hybridized carbons (Fsp3) is 0.500. The van der Waals surface area contributed by atoms with Gasteiger partial charge in [0.1, 0.15) is 5.75 Å². The maximum Gasteiger partial charge on any atom is 0.233 e. The Labute approximate surface area is 162 Å². The molecule has 6 nitrogen and oxygen atoms in total. The lowest BCUT2D eigenvalue weighted by atomic mass is 10.1. The highest BCUT2D eigenvalue weighted by Gasteiger charge is 2.16. The van der Waals surface area contributed by atoms with Gasteiger partial charge >= 0.3 is 0 Å². The maximum atomic E-state index is 12.4. The largest absolute Gasteiger partial charge is 0.497 e. The molecule has 1 saturated heterocycles. The van der Waals surface area contributed by atoms with Crippen molar-refractivity contribution in [3.8, 4) is 5.75 Å². The number of nitrogens with one attached hydrogen (secondary N) is 1. The summed E-state index contributed by atoms with van der Waals surface area (Å²) in [6, 6.07) is 7.66. The number of likely N-dealkylation sites (tertiary alicyclic amines) is 1. The minimum atomic E-state index is 0.203. The molecule has 0 unspecified atom stereocenters. The molecule has 8 heteroatoms. The second-order valence-corrected chi connectivity index (χ2v) is 8.37. The Morgan fingerprint density at radius 1 is 1.23 bits per heavy atom. The summed E-state index contributed by atoms with van der Waals surface area (Å²) in [7, 11) is 1.64. The van der Waals surface area contributed by atoms with Crippen LogP contribution in [-0.4, -0.2) is 47.0 Å². The summed E-state index contributed by atoms with van der Waals surface area (Å²) in [5, 5.41) is 12.3. The highest BCUT2D eigenvalue weighted by molar-refractivity contribution is 8.01. The van der Waals surface area contributed by atoms with E-state index in [1.54, 1.807) is 7.11 Å². The molecule has 0 saturated carbocycles. The summed E-state index contributed by atoms with van der Waals surface area (Å²) in [4.78, 5) is 14.4. The first-order valence-corrected chi connectivity index (χ1v) is 10.7. The standard InChI is InChI=1S/C18H24N4O2S2/c1-24-15-9-7-8-14(12-15)19-17-20-21-18(26-17)25-13-16(23)22-10-5-3-2-4-6-11-22/h7-9,12H,2-6,10-11,13H2,1H3,(H,19,20). The van der Waals surface area contributed by atoms with Gasteiger partial charge in [0.2, 0.25) is 11.0 Å². The molecular formula is C18H24N4O2S2. The molecule has 1 amide bonds. The summed E-state index contributed by atoms with van der Waals surface area (Å²) in [5.74, 6) is 1.41. The van der Waals surface area contributed by atoms with Crippen LogP contribution >= 0.6 is 23.1 Å². The van der Waals surface area contributed by atoms with Gasteiger partial charge in [-0.3, -0.25) is 4.79 Å². The van der Waals surface area contributed by atoms with E-state index in [-0.39, 0.29) is 5.91 Å². The van der Waals surface area contributed by atoms with Crippen molar-refractivity contribution in [3.05, 3.63) is 24.3 Å². The van der Waals surface area contributed by atoms with Crippen LogP contribution in [0.25, 0.3) is 0 Å². The predicted molar refractivity (Wildman–Crippen MR) is 107 cm³/mol. The maximum absolute atomic E-state index is 12.4. The van der Waals surface area contributed by atoms with E-state index in [0.717, 1.165) is 41.7 Å². The van der Waals surface area contributed by atoms with Gasteiger partial charge in [-0.2, -0.15) is 0 Å². The lowest BCUT2D eigenvalue weighted by Crippen LogP contribution is -2.35. The quantitative estimate of drug-likeness (QED) is 0.744. The van der Waals surface area contributed by atoms with Crippen molar-refractivity contribution >= 4 is 39.8 Å². The Kier molecular flexibility index (Phi) is 7.13. The van der Waals surface area contributed by atoms with Crippen molar-refractivity contribution in [1.82, 2.24) is 15.1 Å². The minimum absolute atomic E-state index is 0.203. The van der Waals surface area contributed by atoms with Crippen LogP contribution in [0, 0.1) is 0 Å². The van der Waals surface area contributed by atoms with Crippen molar-refractivity contribution in [2.45, 2.75) is 36.4 Å². The lowest BCUT2D eigenvalue weighted by Gasteiger charge is -2.24. The van der Waals surface area contributed by atoms with Crippen molar-refractivity contribution < 1.29 is 9.53 Å². The number of benzene rings is 1. The third-order valence-electron chi connectivity index (χ3n) is 4.26. The molecule has 2 heterocycles. The SMILES string of the molecule is COc1cccc(Nc2nnc(SCC(=O)N3CCCCCCC3)s2)c1. The number of amides is 1. The summed E-state index contributed by atoms with van der Waals surface area (Å²) >= 11 is 2.92. The third kappa shape index (κ3) is 5.60. The van der Waals surface area contributed by atoms with E-state index < -0.39 is 0 Å². The molecule has 0 bridgehead atoms. The highest BCUT2D eigenvalue weighted by atomic mass is 32.2. The number of aromatic nitrogens is 2. The van der Waals surface area contributed by atoms with E-state index in [1.165, 1.54) is 42.4 Å². The van der Waals surface area contributed by atoms with Crippen molar-refractivity contribution in [2.75, 3.05) is 31.3 Å². The van der Waals surface area contributed by atoms with Crippen LogP contribution in [0.3, 0.4) is 0 Å². The van der Waals surface area contributed by atoms with Gasteiger partial charge in [-0.15, -0.1) is 10.2 Å².